The fourth-order valence-electron chi connectivity index (χ4n) is 1.60. The van der Waals surface area contributed by atoms with E-state index in [1.807, 2.05) is 25.1 Å². The molecular weight excluding hydrogens is 254 g/mol. The molecule has 0 fully saturated rings. The molecule has 0 saturated heterocycles. The highest BCUT2D eigenvalue weighted by molar-refractivity contribution is 5.93. The van der Waals surface area contributed by atoms with Gasteiger partial charge < -0.3 is 5.32 Å². The Labute approximate surface area is 119 Å². The van der Waals surface area contributed by atoms with Crippen molar-refractivity contribution in [3.05, 3.63) is 30.3 Å². The predicted octanol–water partition coefficient (Wildman–Crippen LogP) is 2.70. The fraction of sp³-hybridized carbons (Fsp3) is 0.400. The number of carbonyl (C=O) groups excluding carboxylic acids is 2. The van der Waals surface area contributed by atoms with E-state index in [1.54, 1.807) is 12.1 Å². The van der Waals surface area contributed by atoms with Crippen LogP contribution in [0.25, 0.3) is 0 Å². The monoisotopic (exact) mass is 275 g/mol. The number of para-hydroxylation sites is 1. The van der Waals surface area contributed by atoms with Crippen molar-refractivity contribution < 1.29 is 9.59 Å². The third-order valence-corrected chi connectivity index (χ3v) is 2.62. The van der Waals surface area contributed by atoms with Gasteiger partial charge in [0.05, 0.1) is 0 Å². The van der Waals surface area contributed by atoms with Crippen LogP contribution in [0.1, 0.15) is 39.5 Å². The molecule has 0 heterocycles. The standard InChI is InChI=1S/C15H21N3O2/c1-3-7-12(2)17-18-15(20)11-10-14(19)16-13-8-5-4-6-9-13/h4-6,8-9H,3,7,10-11H2,1-2H3,(H,16,19)(H,18,20)/b17-12+. The molecule has 0 unspecified atom stereocenters. The highest BCUT2D eigenvalue weighted by atomic mass is 16.2. The molecule has 0 bridgehead atoms. The van der Waals surface area contributed by atoms with Crippen LogP contribution in [0.3, 0.4) is 0 Å². The van der Waals surface area contributed by atoms with Crippen molar-refractivity contribution in [2.75, 3.05) is 5.32 Å². The Morgan fingerprint density at radius 1 is 1.05 bits per heavy atom. The van der Waals surface area contributed by atoms with Gasteiger partial charge >= 0.3 is 0 Å². The Morgan fingerprint density at radius 2 is 1.70 bits per heavy atom. The fourth-order valence-corrected chi connectivity index (χ4v) is 1.60. The first-order valence-electron chi connectivity index (χ1n) is 6.78. The smallest absolute Gasteiger partial charge is 0.240 e. The minimum atomic E-state index is -0.247. The number of hydrazone groups is 1. The normalized spacial score (nSPS) is 11.0. The summed E-state index contributed by atoms with van der Waals surface area (Å²) < 4.78 is 0. The molecule has 0 saturated carbocycles. The maximum atomic E-state index is 11.6. The minimum absolute atomic E-state index is 0.127. The van der Waals surface area contributed by atoms with Gasteiger partial charge in [-0.25, -0.2) is 5.43 Å². The van der Waals surface area contributed by atoms with Gasteiger partial charge in [-0.3, -0.25) is 9.59 Å². The molecule has 20 heavy (non-hydrogen) atoms. The minimum Gasteiger partial charge on any atom is -0.326 e. The number of anilines is 1. The molecule has 5 heteroatoms. The van der Waals surface area contributed by atoms with Gasteiger partial charge in [0.25, 0.3) is 0 Å². The predicted molar refractivity (Wildman–Crippen MR) is 80.5 cm³/mol. The van der Waals surface area contributed by atoms with Gasteiger partial charge in [0.1, 0.15) is 0 Å². The van der Waals surface area contributed by atoms with E-state index in [9.17, 15) is 9.59 Å². The summed E-state index contributed by atoms with van der Waals surface area (Å²) in [4.78, 5) is 23.1. The van der Waals surface area contributed by atoms with Crippen LogP contribution in [0, 0.1) is 0 Å². The number of benzene rings is 1. The highest BCUT2D eigenvalue weighted by Gasteiger charge is 2.06. The van der Waals surface area contributed by atoms with Crippen LogP contribution in [0.15, 0.2) is 35.4 Å². The van der Waals surface area contributed by atoms with Crippen molar-refractivity contribution in [2.45, 2.75) is 39.5 Å². The van der Waals surface area contributed by atoms with Crippen molar-refractivity contribution in [3.63, 3.8) is 0 Å². The van der Waals surface area contributed by atoms with Crippen LogP contribution < -0.4 is 10.7 Å². The summed E-state index contributed by atoms with van der Waals surface area (Å²) in [6.45, 7) is 3.92. The summed E-state index contributed by atoms with van der Waals surface area (Å²) in [5.41, 5.74) is 4.07. The maximum absolute atomic E-state index is 11.6. The van der Waals surface area contributed by atoms with Crippen LogP contribution in [0.4, 0.5) is 5.69 Å². The Morgan fingerprint density at radius 3 is 2.35 bits per heavy atom. The van der Waals surface area contributed by atoms with Gasteiger partial charge in [-0.15, -0.1) is 0 Å². The van der Waals surface area contributed by atoms with Crippen molar-refractivity contribution in [2.24, 2.45) is 5.10 Å². The number of hydrogen-bond acceptors (Lipinski definition) is 3. The van der Waals surface area contributed by atoms with E-state index in [4.69, 9.17) is 0 Å². The molecule has 1 rings (SSSR count). The molecule has 5 nitrogen and oxygen atoms in total. The van der Waals surface area contributed by atoms with Gasteiger partial charge in [0.2, 0.25) is 11.8 Å². The van der Waals surface area contributed by atoms with Crippen LogP contribution in [0.2, 0.25) is 0 Å². The number of nitrogens with one attached hydrogen (secondary N) is 2. The zero-order valence-corrected chi connectivity index (χ0v) is 12.0. The van der Waals surface area contributed by atoms with Crippen LogP contribution in [0.5, 0.6) is 0 Å². The second kappa shape index (κ2) is 8.85. The second-order valence-corrected chi connectivity index (χ2v) is 4.55. The molecule has 0 spiro atoms. The molecule has 0 aliphatic heterocycles. The van der Waals surface area contributed by atoms with E-state index in [1.165, 1.54) is 0 Å². The molecule has 0 atom stereocenters. The molecule has 2 N–H and O–H groups in total. The van der Waals surface area contributed by atoms with E-state index in [0.717, 1.165) is 24.2 Å². The molecule has 2 amide bonds. The van der Waals surface area contributed by atoms with E-state index in [0.29, 0.717) is 0 Å². The Hall–Kier alpha value is -2.17. The summed E-state index contributed by atoms with van der Waals surface area (Å²) in [7, 11) is 0. The first kappa shape index (κ1) is 15.9. The van der Waals surface area contributed by atoms with Crippen LogP contribution in [-0.2, 0) is 9.59 Å². The number of rotatable bonds is 7. The van der Waals surface area contributed by atoms with Crippen molar-refractivity contribution in [3.8, 4) is 0 Å². The van der Waals surface area contributed by atoms with Crippen molar-refractivity contribution in [1.29, 1.82) is 0 Å². The van der Waals surface area contributed by atoms with E-state index in [-0.39, 0.29) is 24.7 Å². The third kappa shape index (κ3) is 6.68. The zero-order chi connectivity index (χ0) is 14.8. The Kier molecular flexibility index (Phi) is 7.03. The number of nitrogens with zero attached hydrogens (tertiary/aromatic N) is 1. The van der Waals surface area contributed by atoms with Gasteiger partial charge in [0, 0.05) is 24.2 Å². The molecule has 1 aromatic rings. The maximum Gasteiger partial charge on any atom is 0.240 e. The van der Waals surface area contributed by atoms with Crippen molar-refractivity contribution in [1.82, 2.24) is 5.43 Å². The average molecular weight is 275 g/mol. The lowest BCUT2D eigenvalue weighted by atomic mass is 10.2. The molecule has 0 aromatic heterocycles. The lowest BCUT2D eigenvalue weighted by Crippen LogP contribution is -2.21. The molecule has 0 radical (unpaired) electrons. The average Bonchev–Trinajstić information content (AvgIpc) is 2.44. The van der Waals surface area contributed by atoms with E-state index < -0.39 is 0 Å². The van der Waals surface area contributed by atoms with Gasteiger partial charge in [-0.1, -0.05) is 31.5 Å². The summed E-state index contributed by atoms with van der Waals surface area (Å²) >= 11 is 0. The van der Waals surface area contributed by atoms with Crippen LogP contribution >= 0.6 is 0 Å². The summed E-state index contributed by atoms with van der Waals surface area (Å²) in [5.74, 6) is -0.427. The Balaban J connectivity index is 2.27. The van der Waals surface area contributed by atoms with Gasteiger partial charge in [0.15, 0.2) is 0 Å². The molecule has 1 aromatic carbocycles. The van der Waals surface area contributed by atoms with E-state index >= 15 is 0 Å². The number of hydrogen-bond donors (Lipinski definition) is 2. The number of amides is 2. The molecule has 108 valence electrons. The summed E-state index contributed by atoms with van der Waals surface area (Å²) in [6.07, 6.45) is 2.12. The van der Waals surface area contributed by atoms with Crippen molar-refractivity contribution >= 4 is 23.2 Å². The highest BCUT2D eigenvalue weighted by Crippen LogP contribution is 2.05. The quantitative estimate of drug-likeness (QED) is 0.593. The van der Waals surface area contributed by atoms with Crippen LogP contribution in [-0.4, -0.2) is 17.5 Å². The largest absolute Gasteiger partial charge is 0.326 e. The second-order valence-electron chi connectivity index (χ2n) is 4.55. The first-order valence-corrected chi connectivity index (χ1v) is 6.78. The van der Waals surface area contributed by atoms with Gasteiger partial charge in [-0.05, 0) is 25.5 Å². The van der Waals surface area contributed by atoms with Gasteiger partial charge in [-0.2, -0.15) is 5.10 Å². The lowest BCUT2D eigenvalue weighted by Gasteiger charge is -2.04. The summed E-state index contributed by atoms with van der Waals surface area (Å²) in [5, 5.41) is 6.69. The lowest BCUT2D eigenvalue weighted by molar-refractivity contribution is -0.124. The third-order valence-electron chi connectivity index (χ3n) is 2.62. The topological polar surface area (TPSA) is 70.6 Å². The molecular formula is C15H21N3O2. The molecule has 0 aliphatic carbocycles. The van der Waals surface area contributed by atoms with E-state index in [2.05, 4.69) is 22.8 Å². The number of carbonyl (C=O) groups is 2. The zero-order valence-electron chi connectivity index (χ0n) is 12.0. The Bertz CT molecular complexity index is 469. The summed E-state index contributed by atoms with van der Waals surface area (Å²) in [6, 6.07) is 9.16. The molecule has 0 aliphatic rings. The SMILES string of the molecule is CCC/C(C)=N/NC(=O)CCC(=O)Nc1ccccc1. The first-order chi connectivity index (χ1) is 9.61.